The quantitative estimate of drug-likeness (QED) is 0.908. The number of hydrogen-bond acceptors (Lipinski definition) is 2. The van der Waals surface area contributed by atoms with Crippen molar-refractivity contribution < 1.29 is 0 Å². The van der Waals surface area contributed by atoms with Crippen molar-refractivity contribution in [3.63, 3.8) is 0 Å². The highest BCUT2D eigenvalue weighted by Crippen LogP contribution is 2.37. The second-order valence-corrected chi connectivity index (χ2v) is 6.68. The first-order valence-corrected chi connectivity index (χ1v) is 8.55. The minimum Gasteiger partial charge on any atom is -0.334 e. The number of piperidine rings is 1. The maximum Gasteiger partial charge on any atom is 0.0948 e. The minimum atomic E-state index is 0.527. The maximum absolute atomic E-state index is 4.39. The van der Waals surface area contributed by atoms with Gasteiger partial charge >= 0.3 is 0 Å². The summed E-state index contributed by atoms with van der Waals surface area (Å²) in [5, 5.41) is 3.55. The molecule has 112 valence electrons. The molecule has 0 bridgehead atoms. The molecule has 1 aromatic carbocycles. The van der Waals surface area contributed by atoms with Crippen LogP contribution in [0.4, 0.5) is 0 Å². The van der Waals surface area contributed by atoms with Gasteiger partial charge in [0, 0.05) is 41.3 Å². The summed E-state index contributed by atoms with van der Waals surface area (Å²) >= 11 is 3.53. The van der Waals surface area contributed by atoms with Crippen molar-refractivity contribution in [3.05, 3.63) is 52.5 Å². The third kappa shape index (κ3) is 3.22. The topological polar surface area (TPSA) is 29.9 Å². The Bertz CT molecular complexity index is 576. The van der Waals surface area contributed by atoms with Gasteiger partial charge < -0.3 is 9.88 Å². The molecular weight excluding hydrogens is 326 g/mol. The van der Waals surface area contributed by atoms with E-state index in [9.17, 15) is 0 Å². The van der Waals surface area contributed by atoms with E-state index in [2.05, 4.69) is 68.2 Å². The van der Waals surface area contributed by atoms with E-state index in [0.29, 0.717) is 11.8 Å². The first-order chi connectivity index (χ1) is 10.3. The summed E-state index contributed by atoms with van der Waals surface area (Å²) in [5.41, 5.74) is 2.81. The number of nitrogens with zero attached hydrogens (tertiary/aromatic N) is 2. The van der Waals surface area contributed by atoms with Crippen LogP contribution in [0, 0.1) is 0 Å². The molecule has 1 aliphatic heterocycles. The predicted octanol–water partition coefficient (Wildman–Crippen LogP) is 3.92. The molecule has 0 amide bonds. The Kier molecular flexibility index (Phi) is 4.76. The molecule has 1 aromatic heterocycles. The molecular formula is C17H22BrN3. The van der Waals surface area contributed by atoms with Crippen molar-refractivity contribution in [2.75, 3.05) is 13.1 Å². The second-order valence-electron chi connectivity index (χ2n) is 5.77. The lowest BCUT2D eigenvalue weighted by atomic mass is 9.79. The molecule has 3 rings (SSSR count). The summed E-state index contributed by atoms with van der Waals surface area (Å²) in [4.78, 5) is 4.39. The average molecular weight is 348 g/mol. The number of halogens is 1. The Morgan fingerprint density at radius 2 is 2.10 bits per heavy atom. The van der Waals surface area contributed by atoms with Crippen LogP contribution >= 0.6 is 15.9 Å². The standard InChI is InChI=1S/C17H22BrN3/c1-2-9-21-12-20-11-17(21)15-7-8-19-10-16(15)13-3-5-14(18)6-4-13/h3-6,11-12,15-16,19H,2,7-10H2,1H3. The van der Waals surface area contributed by atoms with Crippen LogP contribution in [0.5, 0.6) is 0 Å². The summed E-state index contributed by atoms with van der Waals surface area (Å²) in [5.74, 6) is 1.08. The molecule has 3 nitrogen and oxygen atoms in total. The zero-order valence-corrected chi connectivity index (χ0v) is 14.0. The summed E-state index contributed by atoms with van der Waals surface area (Å²) in [7, 11) is 0. The zero-order valence-electron chi connectivity index (χ0n) is 12.4. The monoisotopic (exact) mass is 347 g/mol. The highest BCUT2D eigenvalue weighted by Gasteiger charge is 2.29. The van der Waals surface area contributed by atoms with Crippen LogP contribution in [0.3, 0.4) is 0 Å². The highest BCUT2D eigenvalue weighted by atomic mass is 79.9. The molecule has 0 radical (unpaired) electrons. The molecule has 0 saturated carbocycles. The molecule has 21 heavy (non-hydrogen) atoms. The number of aryl methyl sites for hydroxylation is 1. The molecule has 1 aliphatic rings. The SMILES string of the molecule is CCCn1cncc1C1CCNCC1c1ccc(Br)cc1. The summed E-state index contributed by atoms with van der Waals surface area (Å²) in [6.07, 6.45) is 6.38. The van der Waals surface area contributed by atoms with E-state index in [4.69, 9.17) is 0 Å². The Morgan fingerprint density at radius 3 is 2.86 bits per heavy atom. The van der Waals surface area contributed by atoms with E-state index in [-0.39, 0.29) is 0 Å². The van der Waals surface area contributed by atoms with Crippen molar-refractivity contribution in [2.45, 2.75) is 38.1 Å². The third-order valence-corrected chi connectivity index (χ3v) is 4.90. The van der Waals surface area contributed by atoms with Crippen LogP contribution < -0.4 is 5.32 Å². The molecule has 1 saturated heterocycles. The molecule has 0 aliphatic carbocycles. The molecule has 2 aromatic rings. The van der Waals surface area contributed by atoms with E-state index in [1.807, 2.05) is 6.33 Å². The maximum atomic E-state index is 4.39. The first kappa shape index (κ1) is 14.8. The zero-order chi connectivity index (χ0) is 14.7. The summed E-state index contributed by atoms with van der Waals surface area (Å²) in [6, 6.07) is 8.78. The van der Waals surface area contributed by atoms with Gasteiger partial charge in [-0.3, -0.25) is 0 Å². The Hall–Kier alpha value is -1.13. The van der Waals surface area contributed by atoms with Gasteiger partial charge in [0.15, 0.2) is 0 Å². The van der Waals surface area contributed by atoms with Gasteiger partial charge in [0.1, 0.15) is 0 Å². The van der Waals surface area contributed by atoms with Crippen LogP contribution in [0.1, 0.15) is 42.9 Å². The van der Waals surface area contributed by atoms with Gasteiger partial charge in [-0.05, 0) is 37.1 Å². The Labute approximate surface area is 134 Å². The van der Waals surface area contributed by atoms with Crippen LogP contribution in [0.15, 0.2) is 41.3 Å². The van der Waals surface area contributed by atoms with Gasteiger partial charge in [-0.2, -0.15) is 0 Å². The smallest absolute Gasteiger partial charge is 0.0948 e. The van der Waals surface area contributed by atoms with Crippen molar-refractivity contribution in [2.24, 2.45) is 0 Å². The number of rotatable bonds is 4. The lowest BCUT2D eigenvalue weighted by Crippen LogP contribution is -2.34. The Morgan fingerprint density at radius 1 is 1.29 bits per heavy atom. The molecule has 2 heterocycles. The van der Waals surface area contributed by atoms with Crippen molar-refractivity contribution in [1.29, 1.82) is 0 Å². The van der Waals surface area contributed by atoms with Crippen molar-refractivity contribution in [1.82, 2.24) is 14.9 Å². The molecule has 2 unspecified atom stereocenters. The van der Waals surface area contributed by atoms with Crippen molar-refractivity contribution >= 4 is 15.9 Å². The molecule has 0 spiro atoms. The van der Waals surface area contributed by atoms with E-state index < -0.39 is 0 Å². The number of aromatic nitrogens is 2. The second kappa shape index (κ2) is 6.75. The Balaban J connectivity index is 1.90. The highest BCUT2D eigenvalue weighted by molar-refractivity contribution is 9.10. The average Bonchev–Trinajstić information content (AvgIpc) is 2.97. The normalized spacial score (nSPS) is 22.4. The van der Waals surface area contributed by atoms with E-state index in [0.717, 1.165) is 30.5 Å². The van der Waals surface area contributed by atoms with Gasteiger partial charge in [-0.15, -0.1) is 0 Å². The van der Waals surface area contributed by atoms with Gasteiger partial charge in [-0.1, -0.05) is 35.0 Å². The van der Waals surface area contributed by atoms with E-state index in [1.165, 1.54) is 17.7 Å². The van der Waals surface area contributed by atoms with E-state index >= 15 is 0 Å². The minimum absolute atomic E-state index is 0.527. The van der Waals surface area contributed by atoms with Crippen LogP contribution in [-0.4, -0.2) is 22.6 Å². The summed E-state index contributed by atoms with van der Waals surface area (Å²) < 4.78 is 3.48. The predicted molar refractivity (Wildman–Crippen MR) is 89.6 cm³/mol. The van der Waals surface area contributed by atoms with E-state index in [1.54, 1.807) is 0 Å². The first-order valence-electron chi connectivity index (χ1n) is 7.75. The fraction of sp³-hybridized carbons (Fsp3) is 0.471. The van der Waals surface area contributed by atoms with Crippen LogP contribution in [0.2, 0.25) is 0 Å². The van der Waals surface area contributed by atoms with Gasteiger partial charge in [0.25, 0.3) is 0 Å². The van der Waals surface area contributed by atoms with Gasteiger partial charge in [0.2, 0.25) is 0 Å². The third-order valence-electron chi connectivity index (χ3n) is 4.37. The number of hydrogen-bond donors (Lipinski definition) is 1. The lowest BCUT2D eigenvalue weighted by molar-refractivity contribution is 0.387. The largest absolute Gasteiger partial charge is 0.334 e. The van der Waals surface area contributed by atoms with Gasteiger partial charge in [0.05, 0.1) is 6.33 Å². The lowest BCUT2D eigenvalue weighted by Gasteiger charge is -2.33. The number of nitrogens with one attached hydrogen (secondary N) is 1. The molecule has 1 fully saturated rings. The summed E-state index contributed by atoms with van der Waals surface area (Å²) in [6.45, 7) is 5.42. The molecule has 1 N–H and O–H groups in total. The van der Waals surface area contributed by atoms with Gasteiger partial charge in [-0.25, -0.2) is 4.98 Å². The molecule has 2 atom stereocenters. The van der Waals surface area contributed by atoms with Crippen LogP contribution in [0.25, 0.3) is 0 Å². The van der Waals surface area contributed by atoms with Crippen LogP contribution in [-0.2, 0) is 6.54 Å². The number of imidazole rings is 1. The number of benzene rings is 1. The van der Waals surface area contributed by atoms with Crippen molar-refractivity contribution in [3.8, 4) is 0 Å². The fourth-order valence-electron chi connectivity index (χ4n) is 3.34. The fourth-order valence-corrected chi connectivity index (χ4v) is 3.60. The molecule has 4 heteroatoms.